The molecular weight excluding hydrogens is 328 g/mol. The second kappa shape index (κ2) is 8.83. The number of aliphatic hydroxyl groups excluding tert-OH is 1. The summed E-state index contributed by atoms with van der Waals surface area (Å²) in [4.78, 5) is 12.5. The number of piperidine rings is 1. The molecule has 0 radical (unpaired) electrons. The maximum Gasteiger partial charge on any atom is 0.220 e. The van der Waals surface area contributed by atoms with Gasteiger partial charge in [-0.25, -0.2) is 0 Å². The van der Waals surface area contributed by atoms with Crippen LogP contribution in [0.15, 0.2) is 54.6 Å². The first-order valence-electron chi connectivity index (χ1n) is 9.21. The van der Waals surface area contributed by atoms with Gasteiger partial charge in [0.2, 0.25) is 5.91 Å². The third kappa shape index (κ3) is 5.07. The third-order valence-electron chi connectivity index (χ3n) is 5.02. The van der Waals surface area contributed by atoms with Gasteiger partial charge >= 0.3 is 0 Å². The lowest BCUT2D eigenvalue weighted by Crippen LogP contribution is -3.14. The Morgan fingerprint density at radius 2 is 1.69 bits per heavy atom. The number of primary amides is 1. The second-order valence-electron chi connectivity index (χ2n) is 6.99. The topological polar surface area (TPSA) is 77.0 Å². The van der Waals surface area contributed by atoms with Crippen LogP contribution in [0, 0.1) is 5.92 Å². The summed E-state index contributed by atoms with van der Waals surface area (Å²) in [5, 5.41) is 10.2. The molecule has 0 aromatic heterocycles. The molecule has 138 valence electrons. The molecule has 0 saturated carbocycles. The smallest absolute Gasteiger partial charge is 0.220 e. The van der Waals surface area contributed by atoms with E-state index in [1.54, 1.807) is 0 Å². The number of amides is 1. The first kappa shape index (κ1) is 18.4. The molecule has 1 aliphatic heterocycles. The van der Waals surface area contributed by atoms with Crippen molar-refractivity contribution in [3.63, 3.8) is 0 Å². The Morgan fingerprint density at radius 1 is 1.08 bits per heavy atom. The highest BCUT2D eigenvalue weighted by molar-refractivity contribution is 5.76. The van der Waals surface area contributed by atoms with E-state index in [0.717, 1.165) is 37.2 Å². The minimum atomic E-state index is -0.524. The number of nitrogens with two attached hydrogens (primary N) is 1. The van der Waals surface area contributed by atoms with Crippen LogP contribution >= 0.6 is 0 Å². The number of carbonyl (C=O) groups is 1. The summed E-state index contributed by atoms with van der Waals surface area (Å²) in [6, 6.07) is 18.1. The average Bonchev–Trinajstić information content (AvgIpc) is 2.68. The van der Waals surface area contributed by atoms with Crippen LogP contribution in [0.25, 0.3) is 11.1 Å². The average molecular weight is 355 g/mol. The molecule has 1 heterocycles. The molecule has 0 bridgehead atoms. The highest BCUT2D eigenvalue weighted by Gasteiger charge is 2.27. The highest BCUT2D eigenvalue weighted by atomic mass is 16.5. The number of carbonyl (C=O) groups excluding carboxylic acids is 1. The van der Waals surface area contributed by atoms with Crippen molar-refractivity contribution in [3.8, 4) is 16.9 Å². The zero-order chi connectivity index (χ0) is 18.4. The number of hydrogen-bond donors (Lipinski definition) is 3. The van der Waals surface area contributed by atoms with Crippen LogP contribution in [0.3, 0.4) is 0 Å². The lowest BCUT2D eigenvalue weighted by Gasteiger charge is -2.29. The number of aliphatic hydroxyl groups is 1. The van der Waals surface area contributed by atoms with Crippen molar-refractivity contribution in [3.05, 3.63) is 54.6 Å². The zero-order valence-electron chi connectivity index (χ0n) is 14.9. The maximum atomic E-state index is 11.2. The van der Waals surface area contributed by atoms with Gasteiger partial charge in [0.25, 0.3) is 0 Å². The molecule has 1 fully saturated rings. The molecular formula is C21H27N2O3+. The SMILES string of the molecule is NC(=O)C1CC[NH+](C[C@H](O)COc2ccc(-c3ccccc3)cc2)CC1. The van der Waals surface area contributed by atoms with Crippen LogP contribution in [0.5, 0.6) is 5.75 Å². The number of rotatable bonds is 7. The van der Waals surface area contributed by atoms with Gasteiger partial charge in [0, 0.05) is 18.8 Å². The predicted molar refractivity (Wildman–Crippen MR) is 101 cm³/mol. The molecule has 26 heavy (non-hydrogen) atoms. The molecule has 2 aromatic rings. The minimum Gasteiger partial charge on any atom is -0.491 e. The van der Waals surface area contributed by atoms with Gasteiger partial charge in [-0.3, -0.25) is 4.79 Å². The van der Waals surface area contributed by atoms with Crippen molar-refractivity contribution in [2.45, 2.75) is 18.9 Å². The number of hydrogen-bond acceptors (Lipinski definition) is 3. The number of nitrogens with one attached hydrogen (secondary N) is 1. The quantitative estimate of drug-likeness (QED) is 0.690. The molecule has 0 spiro atoms. The van der Waals surface area contributed by atoms with E-state index in [1.807, 2.05) is 42.5 Å². The van der Waals surface area contributed by atoms with E-state index >= 15 is 0 Å². The Bertz CT molecular complexity index is 695. The lowest BCUT2D eigenvalue weighted by molar-refractivity contribution is -0.908. The summed E-state index contributed by atoms with van der Waals surface area (Å²) >= 11 is 0. The maximum absolute atomic E-state index is 11.2. The minimum absolute atomic E-state index is 0.00438. The van der Waals surface area contributed by atoms with E-state index in [1.165, 1.54) is 10.5 Å². The number of likely N-dealkylation sites (tertiary alicyclic amines) is 1. The van der Waals surface area contributed by atoms with Crippen LogP contribution in [0.1, 0.15) is 12.8 Å². The van der Waals surface area contributed by atoms with E-state index in [0.29, 0.717) is 6.54 Å². The standard InChI is InChI=1S/C21H26N2O3/c22-21(25)18-10-12-23(13-11-18)14-19(24)15-26-20-8-6-17(7-9-20)16-4-2-1-3-5-16/h1-9,18-19,24H,10-15H2,(H2,22,25)/p+1/t19-/m0/s1. The van der Waals surface area contributed by atoms with Crippen molar-refractivity contribution in [1.29, 1.82) is 0 Å². The first-order chi connectivity index (χ1) is 12.6. The van der Waals surface area contributed by atoms with Gasteiger partial charge in [-0.2, -0.15) is 0 Å². The number of quaternary nitrogens is 1. The van der Waals surface area contributed by atoms with E-state index in [9.17, 15) is 9.90 Å². The number of ether oxygens (including phenoxy) is 1. The van der Waals surface area contributed by atoms with Crippen LogP contribution in [-0.2, 0) is 4.79 Å². The van der Waals surface area contributed by atoms with Gasteiger partial charge in [0.1, 0.15) is 25.0 Å². The van der Waals surface area contributed by atoms with Crippen LogP contribution in [0.2, 0.25) is 0 Å². The van der Waals surface area contributed by atoms with E-state index in [-0.39, 0.29) is 18.4 Å². The molecule has 2 aromatic carbocycles. The van der Waals surface area contributed by atoms with Gasteiger partial charge in [-0.15, -0.1) is 0 Å². The van der Waals surface area contributed by atoms with Crippen molar-refractivity contribution >= 4 is 5.91 Å². The summed E-state index contributed by atoms with van der Waals surface area (Å²) in [5.74, 6) is 0.549. The molecule has 0 aliphatic carbocycles. The van der Waals surface area contributed by atoms with Crippen molar-refractivity contribution in [2.75, 3.05) is 26.2 Å². The van der Waals surface area contributed by atoms with Crippen LogP contribution in [0.4, 0.5) is 0 Å². The molecule has 4 N–H and O–H groups in total. The van der Waals surface area contributed by atoms with Crippen LogP contribution < -0.4 is 15.4 Å². The summed E-state index contributed by atoms with van der Waals surface area (Å²) in [6.07, 6.45) is 1.09. The normalized spacial score (nSPS) is 21.1. The highest BCUT2D eigenvalue weighted by Crippen LogP contribution is 2.22. The molecule has 1 amide bonds. The summed E-state index contributed by atoms with van der Waals surface area (Å²) in [6.45, 7) is 2.65. The lowest BCUT2D eigenvalue weighted by atomic mass is 9.96. The fourth-order valence-electron chi connectivity index (χ4n) is 3.47. The second-order valence-corrected chi connectivity index (χ2v) is 6.99. The van der Waals surface area contributed by atoms with Gasteiger partial charge in [0.15, 0.2) is 0 Å². The Labute approximate surface area is 154 Å². The van der Waals surface area contributed by atoms with Gasteiger partial charge in [-0.1, -0.05) is 42.5 Å². The Balaban J connectivity index is 1.43. The summed E-state index contributed by atoms with van der Waals surface area (Å²) in [7, 11) is 0. The summed E-state index contributed by atoms with van der Waals surface area (Å²) in [5.41, 5.74) is 7.66. The molecule has 1 atom stereocenters. The van der Waals surface area contributed by atoms with Crippen molar-refractivity contribution < 1.29 is 19.5 Å². The number of benzene rings is 2. The van der Waals surface area contributed by atoms with E-state index in [4.69, 9.17) is 10.5 Å². The Hall–Kier alpha value is -2.37. The molecule has 1 saturated heterocycles. The molecule has 0 unspecified atom stereocenters. The van der Waals surface area contributed by atoms with Gasteiger partial charge < -0.3 is 20.5 Å². The van der Waals surface area contributed by atoms with E-state index in [2.05, 4.69) is 12.1 Å². The molecule has 5 heteroatoms. The fraction of sp³-hybridized carbons (Fsp3) is 0.381. The zero-order valence-corrected chi connectivity index (χ0v) is 14.9. The van der Waals surface area contributed by atoms with Gasteiger partial charge in [0.05, 0.1) is 13.1 Å². The largest absolute Gasteiger partial charge is 0.491 e. The summed E-state index contributed by atoms with van der Waals surface area (Å²) < 4.78 is 5.72. The van der Waals surface area contributed by atoms with Crippen molar-refractivity contribution in [2.24, 2.45) is 11.7 Å². The molecule has 5 nitrogen and oxygen atoms in total. The first-order valence-corrected chi connectivity index (χ1v) is 9.21. The molecule has 1 aliphatic rings. The van der Waals surface area contributed by atoms with Crippen molar-refractivity contribution in [1.82, 2.24) is 0 Å². The monoisotopic (exact) mass is 355 g/mol. The fourth-order valence-corrected chi connectivity index (χ4v) is 3.47. The Morgan fingerprint density at radius 3 is 2.31 bits per heavy atom. The van der Waals surface area contributed by atoms with Crippen LogP contribution in [-0.4, -0.2) is 43.4 Å². The predicted octanol–water partition coefficient (Wildman–Crippen LogP) is 0.874. The van der Waals surface area contributed by atoms with Gasteiger partial charge in [-0.05, 0) is 23.3 Å². The Kier molecular flexibility index (Phi) is 6.26. The third-order valence-corrected chi connectivity index (χ3v) is 5.02. The van der Waals surface area contributed by atoms with E-state index < -0.39 is 6.10 Å². The molecule has 3 rings (SSSR count).